The smallest absolute Gasteiger partial charge is 0.332 e. The quantitative estimate of drug-likeness (QED) is 0.664. The molecule has 108 valence electrons. The van der Waals surface area contributed by atoms with Gasteiger partial charge in [-0.25, -0.2) is 4.79 Å². The van der Waals surface area contributed by atoms with E-state index in [2.05, 4.69) is 5.32 Å². The monoisotopic (exact) mass is 313 g/mol. The van der Waals surface area contributed by atoms with Crippen molar-refractivity contribution < 1.29 is 14.3 Å². The maximum atomic E-state index is 11.7. The first-order valence-electron chi connectivity index (χ1n) is 6.04. The van der Waals surface area contributed by atoms with Crippen LogP contribution >= 0.6 is 23.4 Å². The Morgan fingerprint density at radius 3 is 2.60 bits per heavy atom. The molecule has 0 aliphatic carbocycles. The molecule has 1 N–H and O–H groups in total. The Morgan fingerprint density at radius 2 is 2.00 bits per heavy atom. The molecule has 0 heterocycles. The number of benzene rings is 1. The van der Waals surface area contributed by atoms with Crippen molar-refractivity contribution in [3.05, 3.63) is 46.6 Å². The summed E-state index contributed by atoms with van der Waals surface area (Å²) in [5.41, 5.74) is 1.46. The van der Waals surface area contributed by atoms with Crippen LogP contribution in [0.15, 0.2) is 36.0 Å². The molecular weight excluding hydrogens is 298 g/mol. The van der Waals surface area contributed by atoms with Gasteiger partial charge in [-0.2, -0.15) is 0 Å². The van der Waals surface area contributed by atoms with Crippen molar-refractivity contribution in [2.75, 3.05) is 6.61 Å². The van der Waals surface area contributed by atoms with E-state index < -0.39 is 5.97 Å². The fourth-order valence-corrected chi connectivity index (χ4v) is 2.17. The fraction of sp³-hybridized carbons (Fsp3) is 0.286. The molecular formula is C14H16ClNO3S. The number of rotatable bonds is 5. The Hall–Kier alpha value is -1.46. The van der Waals surface area contributed by atoms with Crippen molar-refractivity contribution in [1.29, 1.82) is 0 Å². The van der Waals surface area contributed by atoms with E-state index in [4.69, 9.17) is 16.3 Å². The first kappa shape index (κ1) is 16.6. The highest BCUT2D eigenvalue weighted by Gasteiger charge is 2.05. The van der Waals surface area contributed by atoms with Gasteiger partial charge in [-0.3, -0.25) is 4.79 Å². The van der Waals surface area contributed by atoms with Crippen LogP contribution in [0, 0.1) is 0 Å². The van der Waals surface area contributed by atoms with E-state index in [9.17, 15) is 9.59 Å². The van der Waals surface area contributed by atoms with E-state index in [-0.39, 0.29) is 5.24 Å². The molecule has 1 rings (SSSR count). The Balaban J connectivity index is 2.40. The number of ether oxygens (including phenoxy) is 1. The molecule has 0 aliphatic heterocycles. The van der Waals surface area contributed by atoms with E-state index >= 15 is 0 Å². The number of hydrogen-bond acceptors (Lipinski definition) is 4. The summed E-state index contributed by atoms with van der Waals surface area (Å²) >= 11 is 6.90. The van der Waals surface area contributed by atoms with Gasteiger partial charge in [0.25, 0.3) is 5.24 Å². The van der Waals surface area contributed by atoms with Crippen molar-refractivity contribution in [3.63, 3.8) is 0 Å². The van der Waals surface area contributed by atoms with Gasteiger partial charge in [0.05, 0.1) is 6.61 Å². The van der Waals surface area contributed by atoms with Gasteiger partial charge in [-0.15, -0.1) is 0 Å². The predicted octanol–water partition coefficient (Wildman–Crippen LogP) is 3.75. The van der Waals surface area contributed by atoms with Crippen LogP contribution in [0.3, 0.4) is 0 Å². The number of carbonyl (C=O) groups is 2. The van der Waals surface area contributed by atoms with Crippen LogP contribution < -0.4 is 5.32 Å². The van der Waals surface area contributed by atoms with Gasteiger partial charge in [0.1, 0.15) is 0 Å². The molecule has 0 atom stereocenters. The summed E-state index contributed by atoms with van der Waals surface area (Å²) in [5, 5.41) is 3.05. The van der Waals surface area contributed by atoms with Crippen molar-refractivity contribution >= 4 is 34.6 Å². The molecule has 4 nitrogen and oxygen atoms in total. The largest absolute Gasteiger partial charge is 0.463 e. The Labute approximate surface area is 127 Å². The zero-order valence-electron chi connectivity index (χ0n) is 11.3. The topological polar surface area (TPSA) is 55.4 Å². The van der Waals surface area contributed by atoms with Crippen LogP contribution in [0.2, 0.25) is 5.02 Å². The van der Waals surface area contributed by atoms with Crippen LogP contribution in [0.1, 0.15) is 19.4 Å². The average Bonchev–Trinajstić information content (AvgIpc) is 2.38. The number of amides is 1. The summed E-state index contributed by atoms with van der Waals surface area (Å²) in [7, 11) is 0. The van der Waals surface area contributed by atoms with Gasteiger partial charge in [0, 0.05) is 22.5 Å². The summed E-state index contributed by atoms with van der Waals surface area (Å²) in [4.78, 5) is 22.8. The van der Waals surface area contributed by atoms with Crippen molar-refractivity contribution in [2.24, 2.45) is 0 Å². The molecule has 0 saturated carbocycles. The third-order valence-electron chi connectivity index (χ3n) is 2.20. The van der Waals surface area contributed by atoms with Crippen LogP contribution in [-0.4, -0.2) is 17.8 Å². The first-order valence-corrected chi connectivity index (χ1v) is 7.41. The van der Waals surface area contributed by atoms with E-state index in [1.807, 2.05) is 12.1 Å². The molecule has 0 fully saturated rings. The highest BCUT2D eigenvalue weighted by Crippen LogP contribution is 2.16. The lowest BCUT2D eigenvalue weighted by Crippen LogP contribution is -2.17. The summed E-state index contributed by atoms with van der Waals surface area (Å²) in [6.07, 6.45) is 1.25. The Bertz CT molecular complexity index is 500. The number of thioether (sulfide) groups is 1. The Morgan fingerprint density at radius 1 is 1.35 bits per heavy atom. The van der Waals surface area contributed by atoms with Crippen LogP contribution in [0.5, 0.6) is 0 Å². The van der Waals surface area contributed by atoms with Gasteiger partial charge < -0.3 is 10.1 Å². The van der Waals surface area contributed by atoms with E-state index in [1.165, 1.54) is 6.08 Å². The van der Waals surface area contributed by atoms with Crippen molar-refractivity contribution in [1.82, 2.24) is 5.32 Å². The second-order valence-electron chi connectivity index (χ2n) is 3.91. The SMILES string of the molecule is CCOC(=O)/C=C(/C)NC(=O)SCc1ccc(Cl)cc1. The van der Waals surface area contributed by atoms with Gasteiger partial charge in [-0.1, -0.05) is 35.5 Å². The Kier molecular flexibility index (Phi) is 7.18. The summed E-state index contributed by atoms with van der Waals surface area (Å²) < 4.78 is 4.75. The molecule has 20 heavy (non-hydrogen) atoms. The van der Waals surface area contributed by atoms with Crippen LogP contribution in [0.25, 0.3) is 0 Å². The highest BCUT2D eigenvalue weighted by molar-refractivity contribution is 8.12. The number of carbonyl (C=O) groups excluding carboxylic acids is 2. The molecule has 0 aromatic heterocycles. The lowest BCUT2D eigenvalue weighted by atomic mass is 10.2. The van der Waals surface area contributed by atoms with Gasteiger partial charge >= 0.3 is 5.97 Å². The van der Waals surface area contributed by atoms with Crippen LogP contribution in [-0.2, 0) is 15.3 Å². The lowest BCUT2D eigenvalue weighted by Gasteiger charge is -2.05. The minimum atomic E-state index is -0.465. The third-order valence-corrected chi connectivity index (χ3v) is 3.30. The number of halogens is 1. The molecule has 1 aromatic rings. The maximum Gasteiger partial charge on any atom is 0.332 e. The van der Waals surface area contributed by atoms with Crippen LogP contribution in [0.4, 0.5) is 4.79 Å². The summed E-state index contributed by atoms with van der Waals surface area (Å²) in [6, 6.07) is 7.29. The lowest BCUT2D eigenvalue weighted by molar-refractivity contribution is -0.137. The van der Waals surface area contributed by atoms with Crippen molar-refractivity contribution in [2.45, 2.75) is 19.6 Å². The number of hydrogen-bond donors (Lipinski definition) is 1. The van der Waals surface area contributed by atoms with Gasteiger partial charge in [-0.05, 0) is 31.5 Å². The zero-order valence-corrected chi connectivity index (χ0v) is 12.9. The number of nitrogens with one attached hydrogen (secondary N) is 1. The number of esters is 1. The molecule has 0 radical (unpaired) electrons. The molecule has 0 aliphatic rings. The standard InChI is InChI=1S/C14H16ClNO3S/c1-3-19-13(17)8-10(2)16-14(18)20-9-11-4-6-12(15)7-5-11/h4-8H,3,9H2,1-2H3,(H,16,18)/b10-8-. The molecule has 6 heteroatoms. The minimum absolute atomic E-state index is 0.224. The zero-order chi connectivity index (χ0) is 15.0. The second-order valence-corrected chi connectivity index (χ2v) is 5.29. The highest BCUT2D eigenvalue weighted by atomic mass is 35.5. The first-order chi connectivity index (χ1) is 9.51. The summed E-state index contributed by atoms with van der Waals surface area (Å²) in [6.45, 7) is 3.67. The molecule has 0 saturated heterocycles. The van der Waals surface area contributed by atoms with E-state index in [0.29, 0.717) is 23.1 Å². The van der Waals surface area contributed by atoms with Gasteiger partial charge in [0.15, 0.2) is 0 Å². The van der Waals surface area contributed by atoms with Crippen molar-refractivity contribution in [3.8, 4) is 0 Å². The molecule has 1 amide bonds. The predicted molar refractivity (Wildman–Crippen MR) is 81.7 cm³/mol. The molecule has 1 aromatic carbocycles. The minimum Gasteiger partial charge on any atom is -0.463 e. The van der Waals surface area contributed by atoms with E-state index in [1.54, 1.807) is 26.0 Å². The van der Waals surface area contributed by atoms with Gasteiger partial charge in [0.2, 0.25) is 0 Å². The molecule has 0 spiro atoms. The third kappa shape index (κ3) is 6.63. The normalized spacial score (nSPS) is 11.1. The fourth-order valence-electron chi connectivity index (χ4n) is 1.32. The molecule has 0 unspecified atom stereocenters. The number of allylic oxidation sites excluding steroid dienone is 1. The average molecular weight is 314 g/mol. The molecule has 0 bridgehead atoms. The maximum absolute atomic E-state index is 11.7. The van der Waals surface area contributed by atoms with E-state index in [0.717, 1.165) is 17.3 Å². The summed E-state index contributed by atoms with van der Waals surface area (Å²) in [5.74, 6) is 0.0726. The second kappa shape index (κ2) is 8.66.